The highest BCUT2D eigenvalue weighted by Gasteiger charge is 2.21. The summed E-state index contributed by atoms with van der Waals surface area (Å²) >= 11 is 0. The van der Waals surface area contributed by atoms with Crippen LogP contribution < -0.4 is 0 Å². The van der Waals surface area contributed by atoms with Crippen LogP contribution in [-0.4, -0.2) is 4.57 Å². The van der Waals surface area contributed by atoms with Crippen LogP contribution in [0, 0.1) is 0 Å². The van der Waals surface area contributed by atoms with Gasteiger partial charge < -0.3 is 4.57 Å². The summed E-state index contributed by atoms with van der Waals surface area (Å²) in [5, 5.41) is 2.59. The first-order valence-corrected chi connectivity index (χ1v) is 10.2. The molecule has 142 valence electrons. The largest absolute Gasteiger partial charge is 0.309 e. The molecule has 1 nitrogen and oxygen atoms in total. The maximum atomic E-state index is 2.42. The first kappa shape index (κ1) is 17.8. The molecule has 0 spiro atoms. The topological polar surface area (TPSA) is 4.93 Å². The minimum atomic E-state index is 0.0739. The fraction of sp³-hybridized carbons (Fsp3) is 0.143. The molecule has 0 N–H and O–H groups in total. The van der Waals surface area contributed by atoms with E-state index in [4.69, 9.17) is 0 Å². The Balaban J connectivity index is 1.89. The van der Waals surface area contributed by atoms with E-state index in [1.54, 1.807) is 0 Å². The Morgan fingerprint density at radius 1 is 0.517 bits per heavy atom. The third-order valence-corrected chi connectivity index (χ3v) is 5.75. The fourth-order valence-corrected chi connectivity index (χ4v) is 4.45. The number of fused-ring (bicyclic) bond motifs is 3. The monoisotopic (exact) mass is 375 g/mol. The summed E-state index contributed by atoms with van der Waals surface area (Å²) in [5.74, 6) is 0. The highest BCUT2D eigenvalue weighted by molar-refractivity contribution is 6.09. The number of rotatable bonds is 2. The molecule has 0 atom stereocenters. The van der Waals surface area contributed by atoms with Crippen LogP contribution in [0.3, 0.4) is 0 Å². The normalized spacial score (nSPS) is 12.0. The minimum Gasteiger partial charge on any atom is -0.309 e. The van der Waals surface area contributed by atoms with E-state index in [-0.39, 0.29) is 5.41 Å². The number of hydrogen-bond donors (Lipinski definition) is 0. The maximum Gasteiger partial charge on any atom is 0.0541 e. The van der Waals surface area contributed by atoms with Gasteiger partial charge in [0.05, 0.1) is 16.7 Å². The summed E-state index contributed by atoms with van der Waals surface area (Å²) < 4.78 is 2.42. The van der Waals surface area contributed by atoms with Gasteiger partial charge in [-0.05, 0) is 34.7 Å². The average Bonchev–Trinajstić information content (AvgIpc) is 3.08. The Hall–Kier alpha value is -3.32. The summed E-state index contributed by atoms with van der Waals surface area (Å²) in [7, 11) is 0. The Kier molecular flexibility index (Phi) is 4.06. The molecular weight excluding hydrogens is 350 g/mol. The molecule has 5 rings (SSSR count). The second kappa shape index (κ2) is 6.63. The zero-order valence-corrected chi connectivity index (χ0v) is 17.2. The summed E-state index contributed by atoms with van der Waals surface area (Å²) in [6.45, 7) is 6.86. The highest BCUT2D eigenvalue weighted by atomic mass is 15.0. The Bertz CT molecular complexity index is 1280. The average molecular weight is 376 g/mol. The van der Waals surface area contributed by atoms with Crippen LogP contribution in [0.1, 0.15) is 26.3 Å². The molecule has 1 aromatic heterocycles. The molecule has 1 heterocycles. The van der Waals surface area contributed by atoms with Crippen molar-refractivity contribution < 1.29 is 0 Å². The first-order valence-electron chi connectivity index (χ1n) is 10.2. The van der Waals surface area contributed by atoms with Crippen LogP contribution in [0.2, 0.25) is 0 Å². The lowest BCUT2D eigenvalue weighted by Crippen LogP contribution is -2.13. The molecule has 0 saturated heterocycles. The van der Waals surface area contributed by atoms with E-state index in [9.17, 15) is 0 Å². The van der Waals surface area contributed by atoms with Gasteiger partial charge in [0, 0.05) is 16.3 Å². The van der Waals surface area contributed by atoms with Crippen molar-refractivity contribution in [1.29, 1.82) is 0 Å². The van der Waals surface area contributed by atoms with Crippen molar-refractivity contribution in [3.63, 3.8) is 0 Å². The molecule has 0 bridgehead atoms. The van der Waals surface area contributed by atoms with E-state index in [2.05, 4.69) is 122 Å². The van der Waals surface area contributed by atoms with Gasteiger partial charge in [-0.2, -0.15) is 0 Å². The molecule has 5 aromatic rings. The predicted molar refractivity (Wildman–Crippen MR) is 125 cm³/mol. The van der Waals surface area contributed by atoms with E-state index in [1.807, 2.05) is 0 Å². The quantitative estimate of drug-likeness (QED) is 0.297. The zero-order chi connectivity index (χ0) is 20.0. The molecule has 0 aliphatic rings. The van der Waals surface area contributed by atoms with Gasteiger partial charge in [-0.3, -0.25) is 0 Å². The second-order valence-electron chi connectivity index (χ2n) is 8.68. The smallest absolute Gasteiger partial charge is 0.0541 e. The summed E-state index contributed by atoms with van der Waals surface area (Å²) in [6, 6.07) is 35.0. The van der Waals surface area contributed by atoms with Crippen LogP contribution in [-0.2, 0) is 5.41 Å². The molecule has 0 radical (unpaired) electrons. The van der Waals surface area contributed by atoms with Gasteiger partial charge >= 0.3 is 0 Å². The first-order chi connectivity index (χ1) is 14.1. The Morgan fingerprint density at radius 2 is 1.00 bits per heavy atom. The van der Waals surface area contributed by atoms with Crippen LogP contribution in [0.25, 0.3) is 38.6 Å². The predicted octanol–water partition coefficient (Wildman–Crippen LogP) is 7.75. The SMILES string of the molecule is CC(C)(C)c1ccccc1-c1ccccc1-n1c2ccccc2c2ccccc21. The number of nitrogens with zero attached hydrogens (tertiary/aromatic N) is 1. The lowest BCUT2D eigenvalue weighted by Gasteiger charge is -2.24. The van der Waals surface area contributed by atoms with E-state index in [1.165, 1.54) is 44.2 Å². The van der Waals surface area contributed by atoms with Crippen molar-refractivity contribution in [2.75, 3.05) is 0 Å². The molecule has 0 saturated carbocycles. The molecule has 1 heteroatoms. The van der Waals surface area contributed by atoms with Gasteiger partial charge in [-0.25, -0.2) is 0 Å². The van der Waals surface area contributed by atoms with Crippen molar-refractivity contribution in [3.8, 4) is 16.8 Å². The van der Waals surface area contributed by atoms with Crippen molar-refractivity contribution >= 4 is 21.8 Å². The Labute approximate surface area is 172 Å². The fourth-order valence-electron chi connectivity index (χ4n) is 4.45. The van der Waals surface area contributed by atoms with Crippen molar-refractivity contribution in [2.24, 2.45) is 0 Å². The highest BCUT2D eigenvalue weighted by Crippen LogP contribution is 2.39. The summed E-state index contributed by atoms with van der Waals surface area (Å²) in [5.41, 5.74) is 7.73. The molecule has 0 fully saturated rings. The minimum absolute atomic E-state index is 0.0739. The molecule has 29 heavy (non-hydrogen) atoms. The third kappa shape index (κ3) is 2.86. The van der Waals surface area contributed by atoms with Crippen molar-refractivity contribution in [1.82, 2.24) is 4.57 Å². The van der Waals surface area contributed by atoms with Gasteiger partial charge in [0.15, 0.2) is 0 Å². The van der Waals surface area contributed by atoms with Gasteiger partial charge in [0.25, 0.3) is 0 Å². The number of benzene rings is 4. The Morgan fingerprint density at radius 3 is 1.62 bits per heavy atom. The van der Waals surface area contributed by atoms with Gasteiger partial charge in [-0.1, -0.05) is 99.6 Å². The van der Waals surface area contributed by atoms with E-state index in [0.717, 1.165) is 0 Å². The van der Waals surface area contributed by atoms with Crippen LogP contribution in [0.15, 0.2) is 97.1 Å². The summed E-state index contributed by atoms with van der Waals surface area (Å²) in [4.78, 5) is 0. The van der Waals surface area contributed by atoms with E-state index >= 15 is 0 Å². The molecule has 0 aliphatic carbocycles. The van der Waals surface area contributed by atoms with Crippen LogP contribution >= 0.6 is 0 Å². The number of aromatic nitrogens is 1. The third-order valence-electron chi connectivity index (χ3n) is 5.75. The van der Waals surface area contributed by atoms with Crippen molar-refractivity contribution in [3.05, 3.63) is 103 Å². The summed E-state index contributed by atoms with van der Waals surface area (Å²) in [6.07, 6.45) is 0. The van der Waals surface area contributed by atoms with Crippen LogP contribution in [0.4, 0.5) is 0 Å². The maximum absolute atomic E-state index is 2.42. The zero-order valence-electron chi connectivity index (χ0n) is 17.2. The van der Waals surface area contributed by atoms with Crippen molar-refractivity contribution in [2.45, 2.75) is 26.2 Å². The standard InChI is InChI=1S/C28H25N/c1-28(2,3)24-16-8-4-12-20(24)21-13-5-9-17-25(21)29-26-18-10-6-14-22(26)23-15-7-11-19-27(23)29/h4-19H,1-3H3. The van der Waals surface area contributed by atoms with Gasteiger partial charge in [-0.15, -0.1) is 0 Å². The molecular formula is C28H25N. The van der Waals surface area contributed by atoms with Crippen LogP contribution in [0.5, 0.6) is 0 Å². The molecule has 0 amide bonds. The lowest BCUT2D eigenvalue weighted by atomic mass is 9.81. The lowest BCUT2D eigenvalue weighted by molar-refractivity contribution is 0.592. The van der Waals surface area contributed by atoms with E-state index in [0.29, 0.717) is 0 Å². The molecule has 0 unspecified atom stereocenters. The molecule has 4 aromatic carbocycles. The molecule has 0 aliphatic heterocycles. The van der Waals surface area contributed by atoms with Gasteiger partial charge in [0.2, 0.25) is 0 Å². The van der Waals surface area contributed by atoms with E-state index < -0.39 is 0 Å². The van der Waals surface area contributed by atoms with Gasteiger partial charge in [0.1, 0.15) is 0 Å². The number of hydrogen-bond acceptors (Lipinski definition) is 0. The number of para-hydroxylation sites is 3. The second-order valence-corrected chi connectivity index (χ2v) is 8.68.